The molecule has 2 aromatic rings. The van der Waals surface area contributed by atoms with E-state index in [1.807, 2.05) is 25.3 Å². The molecule has 8 nitrogen and oxygen atoms in total. The second-order valence-corrected chi connectivity index (χ2v) is 6.98. The van der Waals surface area contributed by atoms with Crippen molar-refractivity contribution < 1.29 is 0 Å². The van der Waals surface area contributed by atoms with E-state index >= 15 is 0 Å². The highest BCUT2D eigenvalue weighted by Crippen LogP contribution is 2.12. The van der Waals surface area contributed by atoms with E-state index in [2.05, 4.69) is 54.4 Å². The molecule has 0 unspecified atom stereocenters. The Morgan fingerprint density at radius 2 is 2.07 bits per heavy atom. The summed E-state index contributed by atoms with van der Waals surface area (Å²) < 4.78 is 2.09. The standard InChI is InChI=1S/C20H30N8/c1-4-18-25-24-16-28(18)10-9-22-20(23-15-17(2)3)27-13-11-26(12-14-27)19-7-5-6-8-21-19/h5-8,16H,2,4,9-15H2,1,3H3,(H,22,23). The smallest absolute Gasteiger partial charge is 0.194 e. The van der Waals surface area contributed by atoms with Gasteiger partial charge in [-0.05, 0) is 19.1 Å². The van der Waals surface area contributed by atoms with E-state index in [0.717, 1.165) is 68.9 Å². The summed E-state index contributed by atoms with van der Waals surface area (Å²) in [7, 11) is 0. The maximum Gasteiger partial charge on any atom is 0.194 e. The van der Waals surface area contributed by atoms with E-state index < -0.39 is 0 Å². The van der Waals surface area contributed by atoms with E-state index in [1.165, 1.54) is 0 Å². The molecular weight excluding hydrogens is 352 g/mol. The fourth-order valence-electron chi connectivity index (χ4n) is 3.19. The molecule has 0 atom stereocenters. The van der Waals surface area contributed by atoms with Gasteiger partial charge in [-0.3, -0.25) is 0 Å². The monoisotopic (exact) mass is 382 g/mol. The van der Waals surface area contributed by atoms with Crippen LogP contribution in [-0.2, 0) is 13.0 Å². The minimum absolute atomic E-state index is 0.635. The predicted octanol–water partition coefficient (Wildman–Crippen LogP) is 1.58. The molecule has 0 radical (unpaired) electrons. The Morgan fingerprint density at radius 3 is 2.75 bits per heavy atom. The lowest BCUT2D eigenvalue weighted by Gasteiger charge is -2.37. The molecule has 0 spiro atoms. The van der Waals surface area contributed by atoms with Crippen molar-refractivity contribution in [3.05, 3.63) is 48.7 Å². The Balaban J connectivity index is 1.57. The molecule has 8 heteroatoms. The van der Waals surface area contributed by atoms with Gasteiger partial charge in [0.1, 0.15) is 18.0 Å². The number of pyridine rings is 1. The minimum Gasteiger partial charge on any atom is -0.354 e. The molecular formula is C20H30N8. The predicted molar refractivity (Wildman–Crippen MR) is 113 cm³/mol. The number of aryl methyl sites for hydroxylation is 1. The zero-order valence-corrected chi connectivity index (χ0v) is 16.9. The molecule has 1 aliphatic heterocycles. The maximum atomic E-state index is 4.76. The summed E-state index contributed by atoms with van der Waals surface area (Å²) in [5.74, 6) is 2.98. The summed E-state index contributed by atoms with van der Waals surface area (Å²) >= 11 is 0. The zero-order chi connectivity index (χ0) is 19.8. The Labute approximate surface area is 167 Å². The molecule has 1 aliphatic rings. The molecule has 2 aromatic heterocycles. The van der Waals surface area contributed by atoms with Crippen LogP contribution in [0.25, 0.3) is 0 Å². The SMILES string of the molecule is C=C(C)CN=C(NCCn1cnnc1CC)N1CCN(c2ccccn2)CC1. The minimum atomic E-state index is 0.635. The van der Waals surface area contributed by atoms with Crippen LogP contribution in [0, 0.1) is 0 Å². The normalized spacial score (nSPS) is 15.0. The lowest BCUT2D eigenvalue weighted by atomic mass is 10.3. The largest absolute Gasteiger partial charge is 0.354 e. The molecule has 0 aliphatic carbocycles. The van der Waals surface area contributed by atoms with Crippen LogP contribution >= 0.6 is 0 Å². The third-order valence-corrected chi connectivity index (χ3v) is 4.70. The van der Waals surface area contributed by atoms with Crippen LogP contribution in [0.1, 0.15) is 19.7 Å². The first-order valence-electron chi connectivity index (χ1n) is 9.87. The van der Waals surface area contributed by atoms with Gasteiger partial charge in [0.25, 0.3) is 0 Å². The number of aromatic nitrogens is 4. The van der Waals surface area contributed by atoms with Crippen molar-refractivity contribution in [3.8, 4) is 0 Å². The number of anilines is 1. The van der Waals surface area contributed by atoms with Crippen molar-refractivity contribution in [2.45, 2.75) is 26.8 Å². The van der Waals surface area contributed by atoms with Crippen LogP contribution < -0.4 is 10.2 Å². The van der Waals surface area contributed by atoms with Crippen LogP contribution in [0.2, 0.25) is 0 Å². The number of nitrogens with one attached hydrogen (secondary N) is 1. The summed E-state index contributed by atoms with van der Waals surface area (Å²) in [5.41, 5.74) is 1.05. The fraction of sp³-hybridized carbons (Fsp3) is 0.500. The Bertz CT molecular complexity index is 775. The van der Waals surface area contributed by atoms with Crippen molar-refractivity contribution in [1.29, 1.82) is 0 Å². The van der Waals surface area contributed by atoms with E-state index in [9.17, 15) is 0 Å². The molecule has 0 aromatic carbocycles. The van der Waals surface area contributed by atoms with Gasteiger partial charge >= 0.3 is 0 Å². The van der Waals surface area contributed by atoms with Crippen molar-refractivity contribution in [2.75, 3.05) is 44.2 Å². The van der Waals surface area contributed by atoms with Crippen LogP contribution in [-0.4, -0.2) is 69.9 Å². The molecule has 1 saturated heterocycles. The fourth-order valence-corrected chi connectivity index (χ4v) is 3.19. The van der Waals surface area contributed by atoms with Crippen LogP contribution in [0.15, 0.2) is 47.9 Å². The molecule has 150 valence electrons. The van der Waals surface area contributed by atoms with Gasteiger partial charge in [-0.2, -0.15) is 0 Å². The van der Waals surface area contributed by atoms with Crippen molar-refractivity contribution in [3.63, 3.8) is 0 Å². The van der Waals surface area contributed by atoms with E-state index in [4.69, 9.17) is 4.99 Å². The number of aliphatic imine (C=N–C) groups is 1. The molecule has 1 N–H and O–H groups in total. The van der Waals surface area contributed by atoms with Gasteiger partial charge in [0.05, 0.1) is 6.54 Å². The molecule has 1 fully saturated rings. The lowest BCUT2D eigenvalue weighted by Crippen LogP contribution is -2.53. The molecule has 0 saturated carbocycles. The molecule has 3 rings (SSSR count). The van der Waals surface area contributed by atoms with E-state index in [0.29, 0.717) is 6.54 Å². The second kappa shape index (κ2) is 9.87. The second-order valence-electron chi connectivity index (χ2n) is 6.98. The van der Waals surface area contributed by atoms with Gasteiger partial charge in [-0.15, -0.1) is 10.2 Å². The maximum absolute atomic E-state index is 4.76. The van der Waals surface area contributed by atoms with Gasteiger partial charge in [0.2, 0.25) is 0 Å². The summed E-state index contributed by atoms with van der Waals surface area (Å²) in [4.78, 5) is 13.9. The average molecular weight is 383 g/mol. The first-order valence-corrected chi connectivity index (χ1v) is 9.87. The highest BCUT2D eigenvalue weighted by Gasteiger charge is 2.20. The highest BCUT2D eigenvalue weighted by molar-refractivity contribution is 5.80. The first kappa shape index (κ1) is 19.9. The van der Waals surface area contributed by atoms with E-state index in [1.54, 1.807) is 6.33 Å². The van der Waals surface area contributed by atoms with Crippen LogP contribution in [0.3, 0.4) is 0 Å². The molecule has 28 heavy (non-hydrogen) atoms. The van der Waals surface area contributed by atoms with Crippen LogP contribution in [0.5, 0.6) is 0 Å². The number of rotatable bonds is 7. The topological polar surface area (TPSA) is 74.5 Å². The van der Waals surface area contributed by atoms with Crippen molar-refractivity contribution in [1.82, 2.24) is 30.0 Å². The zero-order valence-electron chi connectivity index (χ0n) is 16.9. The average Bonchev–Trinajstić information content (AvgIpc) is 3.19. The quantitative estimate of drug-likeness (QED) is 0.445. The molecule has 0 amide bonds. The lowest BCUT2D eigenvalue weighted by molar-refractivity contribution is 0.370. The van der Waals surface area contributed by atoms with Gasteiger partial charge in [-0.1, -0.05) is 25.1 Å². The summed E-state index contributed by atoms with van der Waals surface area (Å²) in [6.45, 7) is 14.0. The molecule has 3 heterocycles. The first-order chi connectivity index (χ1) is 13.7. The number of piperazine rings is 1. The Hall–Kier alpha value is -2.90. The van der Waals surface area contributed by atoms with Crippen LogP contribution in [0.4, 0.5) is 5.82 Å². The number of hydrogen-bond donors (Lipinski definition) is 1. The summed E-state index contributed by atoms with van der Waals surface area (Å²) in [6.07, 6.45) is 4.52. The summed E-state index contributed by atoms with van der Waals surface area (Å²) in [5, 5.41) is 11.7. The van der Waals surface area contributed by atoms with Crippen molar-refractivity contribution in [2.24, 2.45) is 4.99 Å². The van der Waals surface area contributed by atoms with Gasteiger partial charge in [0, 0.05) is 51.9 Å². The highest BCUT2D eigenvalue weighted by atomic mass is 15.4. The Kier molecular flexibility index (Phi) is 7.00. The number of guanidine groups is 1. The third-order valence-electron chi connectivity index (χ3n) is 4.70. The van der Waals surface area contributed by atoms with Crippen molar-refractivity contribution >= 4 is 11.8 Å². The van der Waals surface area contributed by atoms with Gasteiger partial charge in [0.15, 0.2) is 5.96 Å². The van der Waals surface area contributed by atoms with Gasteiger partial charge < -0.3 is 19.7 Å². The van der Waals surface area contributed by atoms with Gasteiger partial charge in [-0.25, -0.2) is 9.98 Å². The summed E-state index contributed by atoms with van der Waals surface area (Å²) in [6, 6.07) is 6.05. The molecule has 0 bridgehead atoms. The number of nitrogens with zero attached hydrogens (tertiary/aromatic N) is 7. The number of hydrogen-bond acceptors (Lipinski definition) is 5. The third kappa shape index (κ3) is 5.31. The Morgan fingerprint density at radius 1 is 1.25 bits per heavy atom. The van der Waals surface area contributed by atoms with E-state index in [-0.39, 0.29) is 0 Å².